The highest BCUT2D eigenvalue weighted by atomic mass is 16.7. The molecule has 4 fully saturated rings. The quantitative estimate of drug-likeness (QED) is 0.0804. The number of amides is 5. The molecule has 8 atom stereocenters. The van der Waals surface area contributed by atoms with Crippen molar-refractivity contribution < 1.29 is 33.3 Å². The Balaban J connectivity index is 1.10. The first-order valence-corrected chi connectivity index (χ1v) is 21.9. The van der Waals surface area contributed by atoms with Crippen molar-refractivity contribution >= 4 is 36.7 Å². The van der Waals surface area contributed by atoms with Crippen LogP contribution in [0, 0.1) is 17.3 Å². The van der Waals surface area contributed by atoms with Gasteiger partial charge in [0.2, 0.25) is 23.6 Å². The maximum absolute atomic E-state index is 13.6. The monoisotopic (exact) mass is 830 g/mol. The van der Waals surface area contributed by atoms with Gasteiger partial charge in [-0.1, -0.05) is 63.6 Å². The highest BCUT2D eigenvalue weighted by Crippen LogP contribution is 2.65. The first-order valence-electron chi connectivity index (χ1n) is 21.9. The zero-order valence-corrected chi connectivity index (χ0v) is 36.7. The molecule has 2 aromatic rings. The van der Waals surface area contributed by atoms with Crippen LogP contribution in [-0.2, 0) is 34.9 Å². The van der Waals surface area contributed by atoms with Gasteiger partial charge in [-0.15, -0.1) is 0 Å². The zero-order valence-electron chi connectivity index (χ0n) is 36.7. The van der Waals surface area contributed by atoms with Crippen LogP contribution in [0.1, 0.15) is 109 Å². The van der Waals surface area contributed by atoms with Crippen molar-refractivity contribution in [3.05, 3.63) is 59.7 Å². The second-order valence-corrected chi connectivity index (χ2v) is 17.9. The highest BCUT2D eigenvalue weighted by molar-refractivity contribution is 6.47. The summed E-state index contributed by atoms with van der Waals surface area (Å²) in [5.74, 6) is -1.98. The number of benzene rings is 2. The lowest BCUT2D eigenvalue weighted by Gasteiger charge is -2.64. The molecule has 6 rings (SSSR count). The number of hydrogen-bond acceptors (Lipinski definition) is 9. The van der Waals surface area contributed by atoms with Crippen LogP contribution in [0.4, 0.5) is 0 Å². The Bertz CT molecular complexity index is 1810. The minimum Gasteiger partial charge on any atom is -0.404 e. The van der Waals surface area contributed by atoms with E-state index in [1.54, 1.807) is 12.1 Å². The molecule has 0 spiro atoms. The summed E-state index contributed by atoms with van der Waals surface area (Å²) in [5, 5.41) is 11.2. The molecule has 2 aromatic carbocycles. The summed E-state index contributed by atoms with van der Waals surface area (Å²) in [6, 6.07) is 12.7. The summed E-state index contributed by atoms with van der Waals surface area (Å²) in [5.41, 5.74) is 15.0. The maximum Gasteiger partial charge on any atom is 0.481 e. The van der Waals surface area contributed by atoms with Crippen LogP contribution in [0.3, 0.4) is 0 Å². The smallest absolute Gasteiger partial charge is 0.404 e. The summed E-state index contributed by atoms with van der Waals surface area (Å²) in [7, 11) is 0.825. The van der Waals surface area contributed by atoms with Gasteiger partial charge >= 0.3 is 7.12 Å². The van der Waals surface area contributed by atoms with Crippen LogP contribution in [0.25, 0.3) is 11.1 Å². The predicted molar refractivity (Wildman–Crippen MR) is 233 cm³/mol. The number of carbonyl (C=O) groups excluding carboxylic acids is 5. The van der Waals surface area contributed by atoms with E-state index in [1.165, 1.54) is 24.4 Å². The molecular weight excluding hydrogens is 761 g/mol. The standard InChI is InChI=1S/C45H68BN7O7/c1-8-9-12-30-14-16-31(17-15-30)32-18-20-33(21-19-32)41(56)52-36(22-24-48)43(58)53(7)27-39(54)49-28(2)40(55)51-35(13-10-11-23-47)42(57)50-29(3)46-59-38-26-34-25-37(44(34,4)5)45(38,6)60-46/h14-21,28-29,34-38H,8-13,22-27,47-48H2,1-7H3,(H,49,54)(H,50,57)(H,51,55)(H,52,56)/t28-,29-,34-,35-,36-,37-,38+,45-/m0/s1. The van der Waals surface area contributed by atoms with E-state index in [4.69, 9.17) is 20.8 Å². The van der Waals surface area contributed by atoms with Gasteiger partial charge in [0.25, 0.3) is 5.91 Å². The van der Waals surface area contributed by atoms with Gasteiger partial charge in [0.15, 0.2) is 0 Å². The minimum absolute atomic E-state index is 0.0321. The first kappa shape index (κ1) is 46.8. The van der Waals surface area contributed by atoms with Crippen LogP contribution in [-0.4, -0.2) is 104 Å². The third-order valence-corrected chi connectivity index (χ3v) is 13.2. The van der Waals surface area contributed by atoms with Crippen molar-refractivity contribution in [2.24, 2.45) is 28.7 Å². The number of hydrogen-bond donors (Lipinski definition) is 6. The van der Waals surface area contributed by atoms with Crippen LogP contribution < -0.4 is 32.7 Å². The molecule has 0 radical (unpaired) electrons. The topological polar surface area (TPSA) is 207 Å². The Labute approximate surface area is 356 Å². The largest absolute Gasteiger partial charge is 0.481 e. The van der Waals surface area contributed by atoms with Gasteiger partial charge < -0.3 is 46.9 Å². The normalized spacial score (nSPS) is 23.2. The molecule has 1 heterocycles. The van der Waals surface area contributed by atoms with Gasteiger partial charge in [-0.05, 0) is 131 Å². The van der Waals surface area contributed by atoms with Gasteiger partial charge in [-0.3, -0.25) is 24.0 Å². The Kier molecular flexibility index (Phi) is 16.0. The molecular formula is C45H68BN7O7. The number of nitrogens with zero attached hydrogens (tertiary/aromatic N) is 1. The van der Waals surface area contributed by atoms with Crippen molar-refractivity contribution in [3.63, 3.8) is 0 Å². The van der Waals surface area contributed by atoms with Crippen molar-refractivity contribution in [1.29, 1.82) is 0 Å². The van der Waals surface area contributed by atoms with Crippen LogP contribution in [0.5, 0.6) is 0 Å². The molecule has 3 saturated carbocycles. The van der Waals surface area contributed by atoms with E-state index in [1.807, 2.05) is 19.1 Å². The van der Waals surface area contributed by atoms with Gasteiger partial charge in [0, 0.05) is 12.6 Å². The second kappa shape index (κ2) is 20.5. The molecule has 3 aliphatic carbocycles. The predicted octanol–water partition coefficient (Wildman–Crippen LogP) is 3.49. The summed E-state index contributed by atoms with van der Waals surface area (Å²) in [4.78, 5) is 68.0. The van der Waals surface area contributed by atoms with E-state index in [0.29, 0.717) is 43.2 Å². The van der Waals surface area contributed by atoms with Crippen LogP contribution in [0.15, 0.2) is 48.5 Å². The molecule has 15 heteroatoms. The van der Waals surface area contributed by atoms with E-state index in [-0.39, 0.29) is 36.9 Å². The van der Waals surface area contributed by atoms with E-state index in [0.717, 1.165) is 43.2 Å². The number of rotatable bonds is 21. The van der Waals surface area contributed by atoms with E-state index in [9.17, 15) is 24.0 Å². The molecule has 0 unspecified atom stereocenters. The van der Waals surface area contributed by atoms with Crippen molar-refractivity contribution in [2.75, 3.05) is 26.7 Å². The molecule has 4 aliphatic rings. The Morgan fingerprint density at radius 2 is 1.48 bits per heavy atom. The maximum atomic E-state index is 13.6. The van der Waals surface area contributed by atoms with Crippen LogP contribution in [0.2, 0.25) is 0 Å². The number of carbonyl (C=O) groups is 5. The van der Waals surface area contributed by atoms with Gasteiger partial charge in [0.05, 0.1) is 24.2 Å². The molecule has 14 nitrogen and oxygen atoms in total. The molecule has 1 saturated heterocycles. The number of nitrogens with one attached hydrogen (secondary N) is 4. The summed E-state index contributed by atoms with van der Waals surface area (Å²) in [6.45, 7) is 12.4. The molecule has 2 bridgehead atoms. The third kappa shape index (κ3) is 10.9. The summed E-state index contributed by atoms with van der Waals surface area (Å²) in [6.07, 6.45) is 7.11. The van der Waals surface area contributed by atoms with E-state index in [2.05, 4.69) is 73.2 Å². The second-order valence-electron chi connectivity index (χ2n) is 17.9. The van der Waals surface area contributed by atoms with Gasteiger partial charge in [0.1, 0.15) is 18.1 Å². The molecule has 8 N–H and O–H groups in total. The van der Waals surface area contributed by atoms with Crippen molar-refractivity contribution in [1.82, 2.24) is 26.2 Å². The average molecular weight is 830 g/mol. The summed E-state index contributed by atoms with van der Waals surface area (Å²) < 4.78 is 12.9. The van der Waals surface area contributed by atoms with Crippen molar-refractivity contribution in [3.8, 4) is 11.1 Å². The van der Waals surface area contributed by atoms with Crippen LogP contribution >= 0.6 is 0 Å². The Morgan fingerprint density at radius 3 is 2.10 bits per heavy atom. The molecule has 0 aromatic heterocycles. The van der Waals surface area contributed by atoms with E-state index >= 15 is 0 Å². The fourth-order valence-corrected chi connectivity index (χ4v) is 9.20. The molecule has 328 valence electrons. The highest BCUT2D eigenvalue weighted by Gasteiger charge is 2.68. The molecule has 1 aliphatic heterocycles. The first-order chi connectivity index (χ1) is 28.5. The third-order valence-electron chi connectivity index (χ3n) is 13.2. The average Bonchev–Trinajstić information content (AvgIpc) is 3.59. The number of likely N-dealkylation sites (N-methyl/N-ethyl adjacent to an activating group) is 1. The molecule has 5 amide bonds. The number of nitrogens with two attached hydrogens (primary N) is 2. The van der Waals surface area contributed by atoms with E-state index < -0.39 is 60.4 Å². The van der Waals surface area contributed by atoms with Gasteiger partial charge in [-0.2, -0.15) is 0 Å². The lowest BCUT2D eigenvalue weighted by Crippen LogP contribution is -2.65. The fraction of sp³-hybridized carbons (Fsp3) is 0.622. The lowest BCUT2D eigenvalue weighted by atomic mass is 9.43. The summed E-state index contributed by atoms with van der Waals surface area (Å²) >= 11 is 0. The Hall–Kier alpha value is -4.31. The van der Waals surface area contributed by atoms with Crippen molar-refractivity contribution in [2.45, 2.75) is 135 Å². The van der Waals surface area contributed by atoms with Gasteiger partial charge in [-0.25, -0.2) is 0 Å². The fourth-order valence-electron chi connectivity index (χ4n) is 9.20. The zero-order chi connectivity index (χ0) is 43.8. The minimum atomic E-state index is -1.02. The Morgan fingerprint density at radius 1 is 0.817 bits per heavy atom. The number of unbranched alkanes of at least 4 members (excludes halogenated alkanes) is 2. The SMILES string of the molecule is CCCCc1ccc(-c2ccc(C(=O)N[C@@H](CCN)C(=O)N(C)CC(=O)N[C@@H](C)C(=O)N[C@@H](CCCCN)C(=O)N[C@@H](C)B3O[C@@H]4C[C@@H]5C[C@@H](C5(C)C)[C@]4(C)O3)cc2)cc1. The lowest BCUT2D eigenvalue weighted by molar-refractivity contribution is -0.199. The number of aryl methyl sites for hydroxylation is 1. The molecule has 60 heavy (non-hydrogen) atoms.